The van der Waals surface area contributed by atoms with Crippen molar-refractivity contribution in [2.45, 2.75) is 13.3 Å². The summed E-state index contributed by atoms with van der Waals surface area (Å²) >= 11 is 0. The number of likely N-dealkylation sites (tertiary alicyclic amines) is 1. The zero-order valence-corrected chi connectivity index (χ0v) is 9.85. The average Bonchev–Trinajstić information content (AvgIpc) is 2.33. The number of benzene rings is 1. The summed E-state index contributed by atoms with van der Waals surface area (Å²) in [6.45, 7) is 2.51. The minimum atomic E-state index is 0.0245. The number of rotatable bonds is 1. The van der Waals surface area contributed by atoms with Crippen LogP contribution in [-0.4, -0.2) is 29.7 Å². The quantitative estimate of drug-likeness (QED) is 0.690. The summed E-state index contributed by atoms with van der Waals surface area (Å²) in [5, 5.41) is 0. The molecule has 3 heteroatoms. The Morgan fingerprint density at radius 1 is 1.29 bits per heavy atom. The number of hydrogen-bond acceptors (Lipinski definition) is 2. The molecule has 0 unspecified atom stereocenters. The highest BCUT2D eigenvalue weighted by molar-refractivity contribution is 6.01. The van der Waals surface area contributed by atoms with Crippen LogP contribution in [0.25, 0.3) is 6.08 Å². The van der Waals surface area contributed by atoms with Gasteiger partial charge in [0.1, 0.15) is 0 Å². The Morgan fingerprint density at radius 2 is 2.00 bits per heavy atom. The van der Waals surface area contributed by atoms with Gasteiger partial charge in [-0.3, -0.25) is 9.59 Å². The Balaban J connectivity index is 2.21. The molecule has 1 aliphatic rings. The fourth-order valence-corrected chi connectivity index (χ4v) is 1.92. The lowest BCUT2D eigenvalue weighted by Crippen LogP contribution is -2.38. The van der Waals surface area contributed by atoms with Crippen LogP contribution in [-0.2, 0) is 9.59 Å². The second-order valence-corrected chi connectivity index (χ2v) is 4.19. The first-order valence-electron chi connectivity index (χ1n) is 5.71. The first-order valence-corrected chi connectivity index (χ1v) is 5.71. The highest BCUT2D eigenvalue weighted by Crippen LogP contribution is 2.15. The predicted molar refractivity (Wildman–Crippen MR) is 66.3 cm³/mol. The van der Waals surface area contributed by atoms with Gasteiger partial charge in [0.05, 0.1) is 0 Å². The van der Waals surface area contributed by atoms with Crippen LogP contribution in [0.5, 0.6) is 0 Å². The van der Waals surface area contributed by atoms with Crippen LogP contribution in [0.4, 0.5) is 0 Å². The van der Waals surface area contributed by atoms with E-state index in [1.54, 1.807) is 4.90 Å². The summed E-state index contributed by atoms with van der Waals surface area (Å²) in [6, 6.07) is 9.71. The van der Waals surface area contributed by atoms with Crippen molar-refractivity contribution in [2.75, 3.05) is 13.1 Å². The molecule has 0 aromatic heterocycles. The van der Waals surface area contributed by atoms with Crippen molar-refractivity contribution in [3.8, 4) is 0 Å². The number of ketones is 1. The van der Waals surface area contributed by atoms with Crippen LogP contribution in [0.3, 0.4) is 0 Å². The van der Waals surface area contributed by atoms with Gasteiger partial charge in [-0.15, -0.1) is 0 Å². The van der Waals surface area contributed by atoms with Gasteiger partial charge in [-0.05, 0) is 11.6 Å². The summed E-state index contributed by atoms with van der Waals surface area (Å²) in [6.07, 6.45) is 2.30. The molecule has 0 N–H and O–H groups in total. The topological polar surface area (TPSA) is 37.4 Å². The lowest BCUT2D eigenvalue weighted by atomic mass is 10.0. The molecule has 0 spiro atoms. The second kappa shape index (κ2) is 4.95. The van der Waals surface area contributed by atoms with Gasteiger partial charge in [0.25, 0.3) is 0 Å². The van der Waals surface area contributed by atoms with Crippen LogP contribution < -0.4 is 0 Å². The summed E-state index contributed by atoms with van der Waals surface area (Å²) in [7, 11) is 0. The molecule has 1 aliphatic heterocycles. The maximum Gasteiger partial charge on any atom is 0.219 e. The Hall–Kier alpha value is -1.90. The van der Waals surface area contributed by atoms with Crippen LogP contribution in [0.2, 0.25) is 0 Å². The lowest BCUT2D eigenvalue weighted by molar-refractivity contribution is -0.130. The SMILES string of the molecule is CC(=O)N1CCC(=O)/C(=C\c2ccccc2)C1. The molecule has 0 atom stereocenters. The van der Waals surface area contributed by atoms with Gasteiger partial charge in [-0.1, -0.05) is 30.3 Å². The van der Waals surface area contributed by atoms with E-state index in [0.717, 1.165) is 11.1 Å². The van der Waals surface area contributed by atoms with Crippen molar-refractivity contribution in [1.82, 2.24) is 4.90 Å². The molecule has 1 saturated heterocycles. The molecular weight excluding hydrogens is 214 g/mol. The van der Waals surface area contributed by atoms with Gasteiger partial charge < -0.3 is 4.90 Å². The molecular formula is C14H15NO2. The third kappa shape index (κ3) is 2.81. The van der Waals surface area contributed by atoms with Gasteiger partial charge in [0, 0.05) is 32.0 Å². The summed E-state index contributed by atoms with van der Waals surface area (Å²) in [5.74, 6) is 0.169. The van der Waals surface area contributed by atoms with E-state index in [0.29, 0.717) is 19.5 Å². The number of carbonyl (C=O) groups is 2. The van der Waals surface area contributed by atoms with Crippen molar-refractivity contribution in [1.29, 1.82) is 0 Å². The molecule has 0 aliphatic carbocycles. The first kappa shape index (κ1) is 11.6. The highest BCUT2D eigenvalue weighted by Gasteiger charge is 2.22. The molecule has 0 bridgehead atoms. The van der Waals surface area contributed by atoms with Crippen molar-refractivity contribution in [2.24, 2.45) is 0 Å². The molecule has 1 aromatic rings. The molecule has 3 nitrogen and oxygen atoms in total. The molecule has 88 valence electrons. The number of piperidine rings is 1. The van der Waals surface area contributed by atoms with Gasteiger partial charge in [0.2, 0.25) is 5.91 Å². The van der Waals surface area contributed by atoms with Gasteiger partial charge >= 0.3 is 0 Å². The summed E-state index contributed by atoms with van der Waals surface area (Å²) in [4.78, 5) is 24.8. The number of carbonyl (C=O) groups excluding carboxylic acids is 2. The molecule has 0 saturated carbocycles. The number of hydrogen-bond donors (Lipinski definition) is 0. The van der Waals surface area contributed by atoms with E-state index in [4.69, 9.17) is 0 Å². The largest absolute Gasteiger partial charge is 0.338 e. The van der Waals surface area contributed by atoms with E-state index < -0.39 is 0 Å². The minimum absolute atomic E-state index is 0.0245. The molecule has 1 fully saturated rings. The Kier molecular flexibility index (Phi) is 3.38. The average molecular weight is 229 g/mol. The fraction of sp³-hybridized carbons (Fsp3) is 0.286. The Labute approximate surface area is 101 Å². The standard InChI is InChI=1S/C14H15NO2/c1-11(16)15-8-7-14(17)13(10-15)9-12-5-3-2-4-6-12/h2-6,9H,7-8,10H2,1H3/b13-9-. The van der Waals surface area contributed by atoms with Crippen LogP contribution in [0.15, 0.2) is 35.9 Å². The van der Waals surface area contributed by atoms with Gasteiger partial charge in [-0.25, -0.2) is 0 Å². The van der Waals surface area contributed by atoms with E-state index in [2.05, 4.69) is 0 Å². The summed E-state index contributed by atoms with van der Waals surface area (Å²) in [5.41, 5.74) is 1.72. The molecule has 1 aromatic carbocycles. The molecule has 1 amide bonds. The molecule has 17 heavy (non-hydrogen) atoms. The number of Topliss-reactive ketones (excluding diaryl/α,β-unsaturated/α-hetero) is 1. The highest BCUT2D eigenvalue weighted by atomic mass is 16.2. The molecule has 2 rings (SSSR count). The molecule has 1 heterocycles. The zero-order chi connectivity index (χ0) is 12.3. The van der Waals surface area contributed by atoms with E-state index in [-0.39, 0.29) is 11.7 Å². The zero-order valence-electron chi connectivity index (χ0n) is 9.85. The van der Waals surface area contributed by atoms with Crippen molar-refractivity contribution in [3.05, 3.63) is 41.5 Å². The van der Waals surface area contributed by atoms with Crippen molar-refractivity contribution >= 4 is 17.8 Å². The van der Waals surface area contributed by atoms with E-state index in [1.165, 1.54) is 6.92 Å². The van der Waals surface area contributed by atoms with E-state index in [1.807, 2.05) is 36.4 Å². The third-order valence-corrected chi connectivity index (χ3v) is 2.91. The van der Waals surface area contributed by atoms with Crippen LogP contribution in [0.1, 0.15) is 18.9 Å². The predicted octanol–water partition coefficient (Wildman–Crippen LogP) is 1.89. The minimum Gasteiger partial charge on any atom is -0.338 e. The number of amides is 1. The summed E-state index contributed by atoms with van der Waals surface area (Å²) < 4.78 is 0. The van der Waals surface area contributed by atoms with Crippen LogP contribution >= 0.6 is 0 Å². The Bertz CT molecular complexity index is 462. The maximum atomic E-state index is 11.8. The molecule has 0 radical (unpaired) electrons. The number of nitrogens with zero attached hydrogens (tertiary/aromatic N) is 1. The third-order valence-electron chi connectivity index (χ3n) is 2.91. The lowest BCUT2D eigenvalue weighted by Gasteiger charge is -2.26. The fourth-order valence-electron chi connectivity index (χ4n) is 1.92. The normalized spacial score (nSPS) is 18.5. The first-order chi connectivity index (χ1) is 8.16. The Morgan fingerprint density at radius 3 is 2.65 bits per heavy atom. The van der Waals surface area contributed by atoms with Gasteiger partial charge in [0.15, 0.2) is 5.78 Å². The van der Waals surface area contributed by atoms with Crippen molar-refractivity contribution in [3.63, 3.8) is 0 Å². The second-order valence-electron chi connectivity index (χ2n) is 4.19. The smallest absolute Gasteiger partial charge is 0.219 e. The van der Waals surface area contributed by atoms with Gasteiger partial charge in [-0.2, -0.15) is 0 Å². The van der Waals surface area contributed by atoms with E-state index in [9.17, 15) is 9.59 Å². The maximum absolute atomic E-state index is 11.8. The monoisotopic (exact) mass is 229 g/mol. The van der Waals surface area contributed by atoms with Crippen molar-refractivity contribution < 1.29 is 9.59 Å². The van der Waals surface area contributed by atoms with Crippen LogP contribution in [0, 0.1) is 0 Å². The van der Waals surface area contributed by atoms with E-state index >= 15 is 0 Å².